The zero-order valence-corrected chi connectivity index (χ0v) is 28.5. The van der Waals surface area contributed by atoms with Gasteiger partial charge in [0.15, 0.2) is 0 Å². The first-order valence-electron chi connectivity index (χ1n) is 18.1. The van der Waals surface area contributed by atoms with Gasteiger partial charge >= 0.3 is 0 Å². The van der Waals surface area contributed by atoms with Crippen molar-refractivity contribution in [3.63, 3.8) is 0 Å². The molecule has 0 aliphatic carbocycles. The molecule has 0 heteroatoms. The normalized spacial score (nSPS) is 11.8. The summed E-state index contributed by atoms with van der Waals surface area (Å²) in [7, 11) is 0. The van der Waals surface area contributed by atoms with Gasteiger partial charge in [0.1, 0.15) is 0 Å². The molecule has 0 aliphatic rings. The number of benzene rings is 11. The van der Waals surface area contributed by atoms with Crippen molar-refractivity contribution in [2.75, 3.05) is 0 Å². The summed E-state index contributed by atoms with van der Waals surface area (Å²) >= 11 is 0. The molecular formula is C52H32. The van der Waals surface area contributed by atoms with Crippen molar-refractivity contribution in [2.45, 2.75) is 0 Å². The number of hydrogen-bond acceptors (Lipinski definition) is 0. The predicted molar refractivity (Wildman–Crippen MR) is 224 cm³/mol. The highest BCUT2D eigenvalue weighted by atomic mass is 14.2. The fourth-order valence-electron chi connectivity index (χ4n) is 8.87. The largest absolute Gasteiger partial charge is 0.0622 e. The molecule has 0 aromatic heterocycles. The van der Waals surface area contributed by atoms with Gasteiger partial charge in [-0.2, -0.15) is 0 Å². The van der Waals surface area contributed by atoms with Crippen LogP contribution in [0.1, 0.15) is 0 Å². The Hall–Kier alpha value is -6.76. The SMILES string of the molecule is c1ccc(-c2c3ccccc3c(-c3ccccc3)c3cc(-c4cccc5cc(-c6ccc7ccc8cccc9ccc6c7c89)ccc45)ccc23)cc1. The Labute approximate surface area is 302 Å². The topological polar surface area (TPSA) is 0 Å². The van der Waals surface area contributed by atoms with E-state index in [0.717, 1.165) is 0 Å². The van der Waals surface area contributed by atoms with Crippen molar-refractivity contribution >= 4 is 64.6 Å². The third kappa shape index (κ3) is 4.35. The van der Waals surface area contributed by atoms with E-state index in [1.165, 1.54) is 109 Å². The van der Waals surface area contributed by atoms with Crippen molar-refractivity contribution in [1.29, 1.82) is 0 Å². The molecule has 0 N–H and O–H groups in total. The lowest BCUT2D eigenvalue weighted by Gasteiger charge is -2.19. The average molecular weight is 657 g/mol. The lowest BCUT2D eigenvalue weighted by molar-refractivity contribution is 1.64. The lowest BCUT2D eigenvalue weighted by Crippen LogP contribution is -1.92. The summed E-state index contributed by atoms with van der Waals surface area (Å²) in [6.07, 6.45) is 0. The monoisotopic (exact) mass is 656 g/mol. The highest BCUT2D eigenvalue weighted by molar-refractivity contribution is 6.26. The van der Waals surface area contributed by atoms with E-state index >= 15 is 0 Å². The molecule has 0 atom stereocenters. The summed E-state index contributed by atoms with van der Waals surface area (Å²) in [5, 5.41) is 15.5. The third-order valence-corrected chi connectivity index (χ3v) is 11.2. The fraction of sp³-hybridized carbons (Fsp3) is 0. The van der Waals surface area contributed by atoms with E-state index in [0.29, 0.717) is 0 Å². The number of fused-ring (bicyclic) bond motifs is 3. The molecule has 0 radical (unpaired) electrons. The minimum atomic E-state index is 1.22. The van der Waals surface area contributed by atoms with Gasteiger partial charge < -0.3 is 0 Å². The van der Waals surface area contributed by atoms with Gasteiger partial charge in [0.05, 0.1) is 0 Å². The summed E-state index contributed by atoms with van der Waals surface area (Å²) in [4.78, 5) is 0. The summed E-state index contributed by atoms with van der Waals surface area (Å²) < 4.78 is 0. The molecule has 0 bridgehead atoms. The van der Waals surface area contributed by atoms with Crippen molar-refractivity contribution in [2.24, 2.45) is 0 Å². The first-order valence-corrected chi connectivity index (χ1v) is 18.1. The molecule has 11 rings (SSSR count). The van der Waals surface area contributed by atoms with Crippen LogP contribution in [0.4, 0.5) is 0 Å². The second-order valence-corrected chi connectivity index (χ2v) is 14.0. The molecule has 0 spiro atoms. The first-order chi connectivity index (χ1) is 25.8. The molecule has 0 fully saturated rings. The molecule has 0 amide bonds. The molecule has 0 aliphatic heterocycles. The van der Waals surface area contributed by atoms with Crippen molar-refractivity contribution in [1.82, 2.24) is 0 Å². The molecule has 11 aromatic carbocycles. The predicted octanol–water partition coefficient (Wildman–Crippen LogP) is 14.7. The van der Waals surface area contributed by atoms with E-state index < -0.39 is 0 Å². The van der Waals surface area contributed by atoms with Gasteiger partial charge in [-0.05, 0) is 121 Å². The van der Waals surface area contributed by atoms with Crippen LogP contribution < -0.4 is 0 Å². The Balaban J connectivity index is 1.13. The highest BCUT2D eigenvalue weighted by Gasteiger charge is 2.18. The molecule has 0 saturated heterocycles. The summed E-state index contributed by atoms with van der Waals surface area (Å²) in [6, 6.07) is 71.8. The van der Waals surface area contributed by atoms with Crippen LogP contribution in [-0.2, 0) is 0 Å². The minimum Gasteiger partial charge on any atom is -0.0622 e. The summed E-state index contributed by atoms with van der Waals surface area (Å²) in [5.74, 6) is 0. The molecule has 11 aromatic rings. The standard InChI is InChI=1S/C52H32/c1-3-11-33(12-4-1)50-44-18-7-8-19-45(44)51(34-13-5-2-6-14-34)48-32-40(26-30-47(48)50)41-20-10-17-38-31-39(25-28-42(38)41)43-27-23-37-22-21-35-15-9-16-36-24-29-46(43)52(37)49(35)36/h1-32H. The molecule has 0 saturated carbocycles. The van der Waals surface area contributed by atoms with Crippen LogP contribution in [0.2, 0.25) is 0 Å². The second-order valence-electron chi connectivity index (χ2n) is 14.0. The Morgan fingerprint density at radius 3 is 1.40 bits per heavy atom. The molecule has 240 valence electrons. The van der Waals surface area contributed by atoms with Crippen LogP contribution in [0.5, 0.6) is 0 Å². The molecule has 0 unspecified atom stereocenters. The van der Waals surface area contributed by atoms with Gasteiger partial charge in [0.25, 0.3) is 0 Å². The zero-order chi connectivity index (χ0) is 34.2. The van der Waals surface area contributed by atoms with Gasteiger partial charge in [-0.1, -0.05) is 182 Å². The second kappa shape index (κ2) is 11.4. The maximum atomic E-state index is 2.43. The van der Waals surface area contributed by atoms with Gasteiger partial charge in [0, 0.05) is 0 Å². The van der Waals surface area contributed by atoms with Crippen LogP contribution in [0.25, 0.3) is 109 Å². The molecule has 0 heterocycles. The molecule has 52 heavy (non-hydrogen) atoms. The number of hydrogen-bond donors (Lipinski definition) is 0. The van der Waals surface area contributed by atoms with Gasteiger partial charge in [-0.15, -0.1) is 0 Å². The minimum absolute atomic E-state index is 1.22. The van der Waals surface area contributed by atoms with E-state index in [2.05, 4.69) is 194 Å². The van der Waals surface area contributed by atoms with Crippen LogP contribution >= 0.6 is 0 Å². The Bertz CT molecular complexity index is 3140. The van der Waals surface area contributed by atoms with Crippen molar-refractivity contribution in [3.8, 4) is 44.5 Å². The van der Waals surface area contributed by atoms with Gasteiger partial charge in [-0.25, -0.2) is 0 Å². The summed E-state index contributed by atoms with van der Waals surface area (Å²) in [5.41, 5.74) is 10.0. The van der Waals surface area contributed by atoms with E-state index in [9.17, 15) is 0 Å². The quantitative estimate of drug-likeness (QED) is 0.131. The maximum absolute atomic E-state index is 2.43. The third-order valence-electron chi connectivity index (χ3n) is 11.2. The van der Waals surface area contributed by atoms with Gasteiger partial charge in [0.2, 0.25) is 0 Å². The van der Waals surface area contributed by atoms with E-state index in [1.54, 1.807) is 0 Å². The average Bonchev–Trinajstić information content (AvgIpc) is 3.22. The molecular weight excluding hydrogens is 625 g/mol. The fourth-order valence-corrected chi connectivity index (χ4v) is 8.87. The van der Waals surface area contributed by atoms with Crippen molar-refractivity contribution < 1.29 is 0 Å². The molecule has 0 nitrogen and oxygen atoms in total. The highest BCUT2D eigenvalue weighted by Crippen LogP contribution is 2.46. The smallest absolute Gasteiger partial charge is 0.00206 e. The van der Waals surface area contributed by atoms with Crippen LogP contribution in [0.15, 0.2) is 194 Å². The van der Waals surface area contributed by atoms with E-state index in [1.807, 2.05) is 0 Å². The van der Waals surface area contributed by atoms with Gasteiger partial charge in [-0.3, -0.25) is 0 Å². The lowest BCUT2D eigenvalue weighted by atomic mass is 9.84. The van der Waals surface area contributed by atoms with Crippen LogP contribution in [0.3, 0.4) is 0 Å². The van der Waals surface area contributed by atoms with E-state index in [4.69, 9.17) is 0 Å². The summed E-state index contributed by atoms with van der Waals surface area (Å²) in [6.45, 7) is 0. The Kier molecular flexibility index (Phi) is 6.35. The van der Waals surface area contributed by atoms with Crippen molar-refractivity contribution in [3.05, 3.63) is 194 Å². The number of rotatable bonds is 4. The Morgan fingerprint density at radius 2 is 0.692 bits per heavy atom. The zero-order valence-electron chi connectivity index (χ0n) is 28.5. The van der Waals surface area contributed by atoms with E-state index in [-0.39, 0.29) is 0 Å². The first kappa shape index (κ1) is 29.0. The van der Waals surface area contributed by atoms with Crippen LogP contribution in [0, 0.1) is 0 Å². The maximum Gasteiger partial charge on any atom is -0.00206 e. The Morgan fingerprint density at radius 1 is 0.212 bits per heavy atom. The van der Waals surface area contributed by atoms with Crippen LogP contribution in [-0.4, -0.2) is 0 Å².